The van der Waals surface area contributed by atoms with Crippen molar-refractivity contribution in [1.29, 1.82) is 0 Å². The Morgan fingerprint density at radius 2 is 2.30 bits per heavy atom. The van der Waals surface area contributed by atoms with E-state index in [1.54, 1.807) is 12.4 Å². The van der Waals surface area contributed by atoms with Crippen LogP contribution in [0.3, 0.4) is 0 Å². The fourth-order valence-corrected chi connectivity index (χ4v) is 3.27. The highest BCUT2D eigenvalue weighted by atomic mass is 16.7. The minimum atomic E-state index is -0.407. The third-order valence-electron chi connectivity index (χ3n) is 4.72. The molecule has 2 aliphatic rings. The molecule has 2 fully saturated rings. The summed E-state index contributed by atoms with van der Waals surface area (Å²) in [6.45, 7) is 3.21. The van der Waals surface area contributed by atoms with Gasteiger partial charge >= 0.3 is 0 Å². The Hall–Kier alpha value is -1.99. The number of aromatic nitrogens is 1. The molecule has 2 aliphatic heterocycles. The lowest BCUT2D eigenvalue weighted by molar-refractivity contribution is -0.150. The van der Waals surface area contributed by atoms with Gasteiger partial charge in [0.15, 0.2) is 0 Å². The minimum Gasteiger partial charge on any atom is -0.381 e. The van der Waals surface area contributed by atoms with Gasteiger partial charge in [-0.05, 0) is 31.0 Å². The predicted molar refractivity (Wildman–Crippen MR) is 80.9 cm³/mol. The fourth-order valence-electron chi connectivity index (χ4n) is 3.27. The molecule has 1 spiro atoms. The van der Waals surface area contributed by atoms with Gasteiger partial charge in [-0.2, -0.15) is 0 Å². The molecule has 1 aromatic rings. The van der Waals surface area contributed by atoms with Gasteiger partial charge in [0, 0.05) is 37.4 Å². The highest BCUT2D eigenvalue weighted by Crippen LogP contribution is 2.42. The van der Waals surface area contributed by atoms with E-state index in [1.165, 1.54) is 0 Å². The molecule has 0 radical (unpaired) electrons. The van der Waals surface area contributed by atoms with Crippen LogP contribution in [-0.2, 0) is 19.2 Å². The molecule has 7 nitrogen and oxygen atoms in total. The second-order valence-corrected chi connectivity index (χ2v) is 6.21. The second-order valence-electron chi connectivity index (χ2n) is 6.21. The number of hydroxylamine groups is 1. The zero-order valence-electron chi connectivity index (χ0n) is 13.1. The number of hydrogen-bond acceptors (Lipinski definition) is 5. The van der Waals surface area contributed by atoms with E-state index < -0.39 is 5.41 Å². The summed E-state index contributed by atoms with van der Waals surface area (Å²) in [7, 11) is 0. The molecular formula is C16H21N3O4. The molecule has 1 aromatic heterocycles. The van der Waals surface area contributed by atoms with Crippen molar-refractivity contribution in [2.75, 3.05) is 19.8 Å². The first-order valence-electron chi connectivity index (χ1n) is 7.81. The molecule has 0 bridgehead atoms. The van der Waals surface area contributed by atoms with Gasteiger partial charge < -0.3 is 10.1 Å². The number of ether oxygens (including phenoxy) is 1. The maximum absolute atomic E-state index is 12.5. The zero-order chi connectivity index (χ0) is 16.3. The van der Waals surface area contributed by atoms with Crippen molar-refractivity contribution in [3.63, 3.8) is 0 Å². The van der Waals surface area contributed by atoms with Gasteiger partial charge in [-0.3, -0.25) is 19.4 Å². The number of amides is 2. The molecule has 3 rings (SSSR count). The Kier molecular flexibility index (Phi) is 4.58. The van der Waals surface area contributed by atoms with Crippen LogP contribution in [0.4, 0.5) is 0 Å². The van der Waals surface area contributed by atoms with Crippen LogP contribution in [0.5, 0.6) is 0 Å². The molecule has 0 aliphatic carbocycles. The topological polar surface area (TPSA) is 89.6 Å². The monoisotopic (exact) mass is 319 g/mol. The van der Waals surface area contributed by atoms with Crippen molar-refractivity contribution in [2.45, 2.75) is 25.9 Å². The molecule has 0 saturated carbocycles. The van der Waals surface area contributed by atoms with E-state index in [0.717, 1.165) is 12.0 Å². The highest BCUT2D eigenvalue weighted by molar-refractivity contribution is 5.85. The molecule has 2 N–H and O–H groups in total. The van der Waals surface area contributed by atoms with Crippen LogP contribution in [0.2, 0.25) is 0 Å². The lowest BCUT2D eigenvalue weighted by atomic mass is 9.69. The molecule has 2 unspecified atom stereocenters. The van der Waals surface area contributed by atoms with E-state index in [1.807, 2.05) is 19.1 Å². The van der Waals surface area contributed by atoms with Gasteiger partial charge in [0.05, 0.1) is 12.5 Å². The van der Waals surface area contributed by atoms with Crippen molar-refractivity contribution in [1.82, 2.24) is 15.8 Å². The van der Waals surface area contributed by atoms with Gasteiger partial charge in [-0.25, -0.2) is 5.48 Å². The van der Waals surface area contributed by atoms with Gasteiger partial charge in [0.25, 0.3) is 0 Å². The van der Waals surface area contributed by atoms with E-state index in [2.05, 4.69) is 15.8 Å². The van der Waals surface area contributed by atoms with Crippen molar-refractivity contribution in [2.24, 2.45) is 11.3 Å². The van der Waals surface area contributed by atoms with Crippen LogP contribution < -0.4 is 10.8 Å². The van der Waals surface area contributed by atoms with Crippen LogP contribution in [0.15, 0.2) is 24.5 Å². The van der Waals surface area contributed by atoms with E-state index in [9.17, 15) is 9.59 Å². The van der Waals surface area contributed by atoms with Crippen molar-refractivity contribution >= 4 is 11.8 Å². The maximum Gasteiger partial charge on any atom is 0.249 e. The van der Waals surface area contributed by atoms with Gasteiger partial charge in [0.2, 0.25) is 11.8 Å². The molecule has 3 heterocycles. The van der Waals surface area contributed by atoms with Gasteiger partial charge in [-0.15, -0.1) is 0 Å². The van der Waals surface area contributed by atoms with Crippen LogP contribution >= 0.6 is 0 Å². The number of carbonyl (C=O) groups excluding carboxylic acids is 2. The molecule has 124 valence electrons. The average Bonchev–Trinajstić information content (AvgIpc) is 3.01. The molecule has 2 amide bonds. The first-order chi connectivity index (χ1) is 11.1. The number of rotatable bonds is 4. The number of piperidine rings is 1. The van der Waals surface area contributed by atoms with Crippen LogP contribution in [-0.4, -0.2) is 36.6 Å². The summed E-state index contributed by atoms with van der Waals surface area (Å²) in [6.07, 6.45) is 4.12. The van der Waals surface area contributed by atoms with Crippen molar-refractivity contribution < 1.29 is 19.2 Å². The first kappa shape index (κ1) is 15.9. The first-order valence-corrected chi connectivity index (χ1v) is 7.81. The number of pyridine rings is 1. The predicted octanol–water partition coefficient (Wildman–Crippen LogP) is 0.733. The Morgan fingerprint density at radius 3 is 3.00 bits per heavy atom. The van der Waals surface area contributed by atoms with Crippen molar-refractivity contribution in [3.05, 3.63) is 30.1 Å². The summed E-state index contributed by atoms with van der Waals surface area (Å²) >= 11 is 0. The fraction of sp³-hybridized carbons (Fsp3) is 0.562. The van der Waals surface area contributed by atoms with Gasteiger partial charge in [-0.1, -0.05) is 0 Å². The minimum absolute atomic E-state index is 0.0226. The normalized spacial score (nSPS) is 28.4. The summed E-state index contributed by atoms with van der Waals surface area (Å²) < 4.78 is 5.45. The van der Waals surface area contributed by atoms with Crippen LogP contribution in [0.1, 0.15) is 31.4 Å². The number of nitrogens with one attached hydrogen (secondary N) is 2. The number of hydrogen-bond donors (Lipinski definition) is 2. The van der Waals surface area contributed by atoms with Crippen molar-refractivity contribution in [3.8, 4) is 0 Å². The maximum atomic E-state index is 12.5. The third kappa shape index (κ3) is 3.35. The van der Waals surface area contributed by atoms with Crippen LogP contribution in [0.25, 0.3) is 0 Å². The smallest absolute Gasteiger partial charge is 0.249 e. The van der Waals surface area contributed by atoms with Crippen LogP contribution in [0, 0.1) is 11.3 Å². The van der Waals surface area contributed by atoms with E-state index in [4.69, 9.17) is 9.57 Å². The molecule has 2 saturated heterocycles. The highest BCUT2D eigenvalue weighted by Gasteiger charge is 2.49. The largest absolute Gasteiger partial charge is 0.381 e. The second kappa shape index (κ2) is 6.64. The molecular weight excluding hydrogens is 298 g/mol. The van der Waals surface area contributed by atoms with E-state index >= 15 is 0 Å². The summed E-state index contributed by atoms with van der Waals surface area (Å²) in [5.74, 6) is -0.575. The molecule has 23 heavy (non-hydrogen) atoms. The molecule has 3 atom stereocenters. The van der Waals surface area contributed by atoms with E-state index in [0.29, 0.717) is 26.2 Å². The van der Waals surface area contributed by atoms with E-state index in [-0.39, 0.29) is 23.8 Å². The summed E-state index contributed by atoms with van der Waals surface area (Å²) in [6, 6.07) is 3.67. The quantitative estimate of drug-likeness (QED) is 0.799. The Bertz CT molecular complexity index is 572. The molecule has 0 aromatic carbocycles. The summed E-state index contributed by atoms with van der Waals surface area (Å²) in [4.78, 5) is 33.7. The standard InChI is InChI=1S/C16H21N3O4/c1-11(12-2-5-17-6-3-12)23-19-15(21)13-9-18-14(20)8-16(13)4-7-22-10-16/h2-3,5-6,11,13H,4,7-10H2,1H3,(H,18,20)(H,19,21)/t11-,13?,16?/m0/s1. The lowest BCUT2D eigenvalue weighted by Gasteiger charge is -2.38. The Balaban J connectivity index is 1.62. The lowest BCUT2D eigenvalue weighted by Crippen LogP contribution is -2.54. The van der Waals surface area contributed by atoms with Gasteiger partial charge in [0.1, 0.15) is 6.10 Å². The Labute approximate surface area is 134 Å². The third-order valence-corrected chi connectivity index (χ3v) is 4.72. The SMILES string of the molecule is C[C@H](ONC(=O)C1CNC(=O)CC12CCOC2)c1ccncc1. The summed E-state index contributed by atoms with van der Waals surface area (Å²) in [5, 5.41) is 2.76. The number of nitrogens with zero attached hydrogens (tertiary/aromatic N) is 1. The molecule has 7 heteroatoms. The average molecular weight is 319 g/mol. The summed E-state index contributed by atoms with van der Waals surface area (Å²) in [5.41, 5.74) is 3.07. The Morgan fingerprint density at radius 1 is 1.52 bits per heavy atom. The zero-order valence-corrected chi connectivity index (χ0v) is 13.1. The number of carbonyl (C=O) groups is 2.